The third kappa shape index (κ3) is 2.93. The van der Waals surface area contributed by atoms with Crippen molar-refractivity contribution in [2.24, 2.45) is 11.0 Å². The lowest BCUT2D eigenvalue weighted by Crippen LogP contribution is -2.36. The summed E-state index contributed by atoms with van der Waals surface area (Å²) in [7, 11) is 0. The summed E-state index contributed by atoms with van der Waals surface area (Å²) in [6, 6.07) is 11.7. The lowest BCUT2D eigenvalue weighted by molar-refractivity contribution is -0.122. The van der Waals surface area contributed by atoms with Gasteiger partial charge in [0, 0.05) is 18.0 Å². The van der Waals surface area contributed by atoms with Crippen molar-refractivity contribution in [1.29, 1.82) is 0 Å². The number of amides is 4. The van der Waals surface area contributed by atoms with E-state index >= 15 is 0 Å². The quantitative estimate of drug-likeness (QED) is 0.688. The van der Waals surface area contributed by atoms with E-state index in [0.717, 1.165) is 9.80 Å². The number of hydrogen-bond acceptors (Lipinski definition) is 7. The van der Waals surface area contributed by atoms with Gasteiger partial charge in [0.25, 0.3) is 17.7 Å². The Kier molecular flexibility index (Phi) is 4.63. The van der Waals surface area contributed by atoms with Crippen molar-refractivity contribution in [3.63, 3.8) is 0 Å². The van der Waals surface area contributed by atoms with E-state index in [1.165, 1.54) is 6.07 Å². The van der Waals surface area contributed by atoms with Gasteiger partial charge in [0.05, 0.1) is 16.8 Å². The maximum Gasteiger partial charge on any atom is 0.261 e. The Labute approximate surface area is 186 Å². The molecular weight excluding hydrogens is 436 g/mol. The van der Waals surface area contributed by atoms with Crippen molar-refractivity contribution < 1.29 is 24.0 Å². The van der Waals surface area contributed by atoms with Gasteiger partial charge >= 0.3 is 0 Å². The van der Waals surface area contributed by atoms with E-state index in [0.29, 0.717) is 21.8 Å². The van der Waals surface area contributed by atoms with E-state index in [9.17, 15) is 24.0 Å². The smallest absolute Gasteiger partial charge is 0.261 e. The Morgan fingerprint density at radius 2 is 1.66 bits per heavy atom. The minimum Gasteiger partial charge on any atom is -0.296 e. The number of carbonyl (C=O) groups is 5. The fourth-order valence-electron chi connectivity index (χ4n) is 4.17. The van der Waals surface area contributed by atoms with Gasteiger partial charge in [-0.2, -0.15) is 5.10 Å². The molecule has 9 nitrogen and oxygen atoms in total. The van der Waals surface area contributed by atoms with E-state index in [-0.39, 0.29) is 18.7 Å². The zero-order chi connectivity index (χ0) is 22.6. The molecule has 0 spiro atoms. The van der Waals surface area contributed by atoms with E-state index < -0.39 is 41.4 Å². The molecule has 5 rings (SSSR count). The Morgan fingerprint density at radius 3 is 2.31 bits per heavy atom. The fourth-order valence-corrected chi connectivity index (χ4v) is 4.36. The topological polar surface area (TPSA) is 116 Å². The number of nitrogens with zero attached hydrogens (tertiary/aromatic N) is 3. The minimum atomic E-state index is -1.07. The molecule has 1 N–H and O–H groups in total. The number of imide groups is 2. The Hall–Kier alpha value is -3.85. The number of Topliss-reactive ketones (excluding diaryl/α,β-unsaturated/α-hetero) is 1. The first-order valence-electron chi connectivity index (χ1n) is 9.83. The number of benzene rings is 2. The van der Waals surface area contributed by atoms with Crippen LogP contribution in [0.25, 0.3) is 0 Å². The Morgan fingerprint density at radius 1 is 0.969 bits per heavy atom. The number of carbonyl (C=O) groups excluding carboxylic acids is 5. The molecule has 0 unspecified atom stereocenters. The maximum absolute atomic E-state index is 13.0. The van der Waals surface area contributed by atoms with Crippen LogP contribution in [0, 0.1) is 5.92 Å². The number of anilines is 1. The van der Waals surface area contributed by atoms with Gasteiger partial charge < -0.3 is 0 Å². The Balaban J connectivity index is 1.31. The van der Waals surface area contributed by atoms with Crippen LogP contribution in [0.1, 0.15) is 27.1 Å². The van der Waals surface area contributed by atoms with Gasteiger partial charge in [-0.1, -0.05) is 29.8 Å². The first-order valence-corrected chi connectivity index (χ1v) is 10.2. The van der Waals surface area contributed by atoms with E-state index in [2.05, 4.69) is 10.5 Å². The van der Waals surface area contributed by atoms with Gasteiger partial charge in [0.2, 0.25) is 5.91 Å². The van der Waals surface area contributed by atoms with Crippen LogP contribution in [-0.2, 0) is 14.4 Å². The van der Waals surface area contributed by atoms with Crippen molar-refractivity contribution in [3.8, 4) is 0 Å². The molecule has 4 amide bonds. The SMILES string of the molecule is O=C(CCN1C(=O)c2ccccc2C1=O)C1=NN[C@H]2C(=O)N(c3cccc(Cl)c3)C(=O)[C@H]12. The van der Waals surface area contributed by atoms with E-state index in [4.69, 9.17) is 11.6 Å². The average Bonchev–Trinajstić information content (AvgIpc) is 3.40. The number of hydrazone groups is 1. The zero-order valence-electron chi connectivity index (χ0n) is 16.4. The molecule has 0 bridgehead atoms. The van der Waals surface area contributed by atoms with Gasteiger partial charge in [-0.25, -0.2) is 4.90 Å². The summed E-state index contributed by atoms with van der Waals surface area (Å²) < 4.78 is 0. The highest BCUT2D eigenvalue weighted by molar-refractivity contribution is 6.48. The van der Waals surface area contributed by atoms with Crippen molar-refractivity contribution in [2.75, 3.05) is 11.4 Å². The molecule has 0 aromatic heterocycles. The lowest BCUT2D eigenvalue weighted by atomic mass is 9.94. The number of fused-ring (bicyclic) bond motifs is 2. The minimum absolute atomic E-state index is 0.0884. The van der Waals surface area contributed by atoms with Crippen molar-refractivity contribution in [1.82, 2.24) is 10.3 Å². The van der Waals surface area contributed by atoms with E-state index in [1.807, 2.05) is 0 Å². The molecule has 3 aliphatic rings. The molecule has 2 aromatic rings. The predicted molar refractivity (Wildman–Crippen MR) is 113 cm³/mol. The number of hydrogen-bond donors (Lipinski definition) is 1. The summed E-state index contributed by atoms with van der Waals surface area (Å²) in [4.78, 5) is 65.6. The summed E-state index contributed by atoms with van der Waals surface area (Å²) in [5.74, 6) is -3.65. The first-order chi connectivity index (χ1) is 15.4. The highest BCUT2D eigenvalue weighted by Crippen LogP contribution is 2.32. The molecule has 3 heterocycles. The van der Waals surface area contributed by atoms with Gasteiger partial charge in [-0.3, -0.25) is 34.3 Å². The second-order valence-electron chi connectivity index (χ2n) is 7.55. The van der Waals surface area contributed by atoms with Crippen LogP contribution in [0.15, 0.2) is 53.6 Å². The highest BCUT2D eigenvalue weighted by atomic mass is 35.5. The third-order valence-electron chi connectivity index (χ3n) is 5.72. The largest absolute Gasteiger partial charge is 0.296 e. The summed E-state index contributed by atoms with van der Waals surface area (Å²) >= 11 is 5.98. The standard InChI is InChI=1S/C22H15ClN4O5/c23-11-4-3-5-12(10-11)27-21(31)16-17(24-25-18(16)22(27)32)15(28)8-9-26-19(29)13-6-1-2-7-14(13)20(26)30/h1-7,10,16,18,25H,8-9H2/t16-,18-/m1/s1. The fraction of sp³-hybridized carbons (Fsp3) is 0.182. The molecule has 32 heavy (non-hydrogen) atoms. The normalized spacial score (nSPS) is 21.6. The molecule has 0 saturated carbocycles. The maximum atomic E-state index is 13.0. The van der Waals surface area contributed by atoms with Crippen molar-refractivity contribution >= 4 is 52.4 Å². The van der Waals surface area contributed by atoms with E-state index in [1.54, 1.807) is 42.5 Å². The van der Waals surface area contributed by atoms with Crippen LogP contribution >= 0.6 is 11.6 Å². The van der Waals surface area contributed by atoms with Crippen LogP contribution < -0.4 is 10.3 Å². The molecule has 1 fully saturated rings. The molecule has 2 aromatic carbocycles. The van der Waals surface area contributed by atoms with Crippen LogP contribution in [0.3, 0.4) is 0 Å². The van der Waals surface area contributed by atoms with Crippen LogP contribution in [0.2, 0.25) is 5.02 Å². The molecule has 2 atom stereocenters. The predicted octanol–water partition coefficient (Wildman–Crippen LogP) is 1.41. The average molecular weight is 451 g/mol. The summed E-state index contributed by atoms with van der Waals surface area (Å²) in [5.41, 5.74) is 3.38. The van der Waals surface area contributed by atoms with Gasteiger partial charge in [0.1, 0.15) is 17.7 Å². The summed E-state index contributed by atoms with van der Waals surface area (Å²) in [5, 5.41) is 4.28. The molecule has 0 aliphatic carbocycles. The summed E-state index contributed by atoms with van der Waals surface area (Å²) in [6.07, 6.45) is -0.214. The lowest BCUT2D eigenvalue weighted by Gasteiger charge is -2.16. The molecule has 160 valence electrons. The first kappa shape index (κ1) is 20.1. The molecular formula is C22H15ClN4O5. The van der Waals surface area contributed by atoms with Gasteiger partial charge in [-0.15, -0.1) is 0 Å². The van der Waals surface area contributed by atoms with Crippen molar-refractivity contribution in [3.05, 3.63) is 64.7 Å². The Bertz CT molecular complexity index is 1220. The molecule has 10 heteroatoms. The third-order valence-corrected chi connectivity index (χ3v) is 5.95. The number of halogens is 1. The van der Waals surface area contributed by atoms with Crippen LogP contribution in [-0.4, -0.2) is 52.6 Å². The highest BCUT2D eigenvalue weighted by Gasteiger charge is 2.55. The summed E-state index contributed by atoms with van der Waals surface area (Å²) in [6.45, 7) is -0.151. The molecule has 1 saturated heterocycles. The second-order valence-corrected chi connectivity index (χ2v) is 7.99. The van der Waals surface area contributed by atoms with Crippen LogP contribution in [0.4, 0.5) is 5.69 Å². The molecule has 0 radical (unpaired) electrons. The van der Waals surface area contributed by atoms with Gasteiger partial charge in [0.15, 0.2) is 5.78 Å². The second kappa shape index (κ2) is 7.38. The number of ketones is 1. The van der Waals surface area contributed by atoms with Crippen molar-refractivity contribution in [2.45, 2.75) is 12.5 Å². The number of rotatable bonds is 5. The van der Waals surface area contributed by atoms with Crippen LogP contribution in [0.5, 0.6) is 0 Å². The molecule has 3 aliphatic heterocycles. The number of nitrogens with one attached hydrogen (secondary N) is 1. The zero-order valence-corrected chi connectivity index (χ0v) is 17.2. The monoisotopic (exact) mass is 450 g/mol. The van der Waals surface area contributed by atoms with Gasteiger partial charge in [-0.05, 0) is 30.3 Å².